The number of sulfonamides is 1. The van der Waals surface area contributed by atoms with Gasteiger partial charge in [0.15, 0.2) is 6.73 Å². The van der Waals surface area contributed by atoms with Crippen molar-refractivity contribution >= 4 is 39.2 Å². The zero-order chi connectivity index (χ0) is 25.0. The molecule has 0 unspecified atom stereocenters. The van der Waals surface area contributed by atoms with E-state index in [1.807, 2.05) is 0 Å². The molecule has 0 spiro atoms. The van der Waals surface area contributed by atoms with Crippen LogP contribution >= 0.6 is 11.6 Å². The van der Waals surface area contributed by atoms with Crippen LogP contribution in [0, 0.1) is 13.8 Å². The molecule has 35 heavy (non-hydrogen) atoms. The lowest BCUT2D eigenvalue weighted by Gasteiger charge is -2.11. The van der Waals surface area contributed by atoms with E-state index in [0.29, 0.717) is 27.8 Å². The van der Waals surface area contributed by atoms with Crippen LogP contribution in [0.3, 0.4) is 0 Å². The van der Waals surface area contributed by atoms with Gasteiger partial charge in [-0.2, -0.15) is 5.10 Å². The first kappa shape index (κ1) is 24.2. The number of aromatic nitrogens is 4. The van der Waals surface area contributed by atoms with E-state index in [-0.39, 0.29) is 23.3 Å². The summed E-state index contributed by atoms with van der Waals surface area (Å²) in [5.41, 5.74) is 1.96. The molecule has 4 rings (SSSR count). The molecule has 2 aromatic heterocycles. The van der Waals surface area contributed by atoms with Crippen LogP contribution in [0.25, 0.3) is 0 Å². The number of nitrogens with one attached hydrogen (secondary N) is 2. The zero-order valence-corrected chi connectivity index (χ0v) is 20.3. The van der Waals surface area contributed by atoms with Crippen LogP contribution in [0.5, 0.6) is 5.75 Å². The zero-order valence-electron chi connectivity index (χ0n) is 18.8. The number of hydrogen-bond acceptors (Lipinski definition) is 7. The minimum atomic E-state index is -3.91. The van der Waals surface area contributed by atoms with Gasteiger partial charge >= 0.3 is 0 Å². The Morgan fingerprint density at radius 3 is 2.31 bits per heavy atom. The van der Waals surface area contributed by atoms with Gasteiger partial charge in [0.1, 0.15) is 11.4 Å². The van der Waals surface area contributed by atoms with E-state index in [9.17, 15) is 13.2 Å². The summed E-state index contributed by atoms with van der Waals surface area (Å²) in [6, 6.07) is 15.8. The highest BCUT2D eigenvalue weighted by molar-refractivity contribution is 7.92. The average Bonchev–Trinajstić information content (AvgIpc) is 3.27. The summed E-state index contributed by atoms with van der Waals surface area (Å²) < 4.78 is 34.8. The number of rotatable bonds is 8. The Morgan fingerprint density at radius 2 is 1.66 bits per heavy atom. The van der Waals surface area contributed by atoms with Gasteiger partial charge in [0.25, 0.3) is 15.9 Å². The first-order valence-corrected chi connectivity index (χ1v) is 12.2. The molecule has 2 aromatic carbocycles. The van der Waals surface area contributed by atoms with Crippen LogP contribution < -0.4 is 14.8 Å². The number of halogens is 1. The van der Waals surface area contributed by atoms with Crippen LogP contribution in [0.15, 0.2) is 71.8 Å². The largest absolute Gasteiger partial charge is 0.471 e. The minimum absolute atomic E-state index is 0.000311. The summed E-state index contributed by atoms with van der Waals surface area (Å²) in [4.78, 5) is 20.9. The normalized spacial score (nSPS) is 11.2. The molecule has 0 aliphatic rings. The first-order valence-electron chi connectivity index (χ1n) is 10.4. The number of benzene rings is 2. The second-order valence-corrected chi connectivity index (χ2v) is 9.62. The van der Waals surface area contributed by atoms with Gasteiger partial charge in [-0.15, -0.1) is 0 Å². The highest BCUT2D eigenvalue weighted by Gasteiger charge is 2.17. The van der Waals surface area contributed by atoms with E-state index in [2.05, 4.69) is 25.1 Å². The molecular weight excluding hydrogens is 492 g/mol. The number of nitrogens with zero attached hydrogens (tertiary/aromatic N) is 4. The molecule has 2 heterocycles. The van der Waals surface area contributed by atoms with Crippen LogP contribution in [0.4, 0.5) is 11.6 Å². The highest BCUT2D eigenvalue weighted by Crippen LogP contribution is 2.19. The number of aryl methyl sites for hydroxylation is 2. The van der Waals surface area contributed by atoms with Gasteiger partial charge in [-0.3, -0.25) is 4.79 Å². The lowest BCUT2D eigenvalue weighted by atomic mass is 10.3. The number of hydrogen-bond donors (Lipinski definition) is 2. The number of carbonyl (C=O) groups excluding carboxylic acids is 1. The molecule has 0 aliphatic carbocycles. The predicted octanol–water partition coefficient (Wildman–Crippen LogP) is 4.03. The molecule has 0 atom stereocenters. The second kappa shape index (κ2) is 10.1. The van der Waals surface area contributed by atoms with Crippen LogP contribution in [0.1, 0.15) is 21.9 Å². The molecule has 4 aromatic rings. The molecule has 0 aliphatic heterocycles. The third kappa shape index (κ3) is 6.14. The van der Waals surface area contributed by atoms with Crippen molar-refractivity contribution in [1.82, 2.24) is 19.7 Å². The predicted molar refractivity (Wildman–Crippen MR) is 131 cm³/mol. The fourth-order valence-electron chi connectivity index (χ4n) is 3.16. The van der Waals surface area contributed by atoms with Crippen molar-refractivity contribution in [2.45, 2.75) is 25.5 Å². The lowest BCUT2D eigenvalue weighted by Crippen LogP contribution is -2.20. The van der Waals surface area contributed by atoms with Crippen molar-refractivity contribution < 1.29 is 17.9 Å². The smallest absolute Gasteiger partial charge is 0.274 e. The molecule has 0 saturated heterocycles. The summed E-state index contributed by atoms with van der Waals surface area (Å²) in [6.07, 6.45) is 1.48. The van der Waals surface area contributed by atoms with E-state index in [1.54, 1.807) is 50.2 Å². The van der Waals surface area contributed by atoms with Crippen molar-refractivity contribution in [2.24, 2.45) is 0 Å². The molecule has 2 N–H and O–H groups in total. The standard InChI is InChI=1S/C23H21ClN6O4S/c1-15-13-16(2)27-23(26-15)29-35(32,33)20-9-5-18(6-10-20)28-22(31)21-11-12-25-30(21)14-34-19-7-3-17(24)4-8-19/h3-13H,14H2,1-2H3,(H,28,31)(H,26,27,29). The number of amides is 1. The van der Waals surface area contributed by atoms with Crippen molar-refractivity contribution in [2.75, 3.05) is 10.0 Å². The second-order valence-electron chi connectivity index (χ2n) is 7.50. The number of carbonyl (C=O) groups is 1. The maximum Gasteiger partial charge on any atom is 0.274 e. The SMILES string of the molecule is Cc1cc(C)nc(NS(=O)(=O)c2ccc(NC(=O)c3ccnn3COc3ccc(Cl)cc3)cc2)n1. The molecule has 180 valence electrons. The highest BCUT2D eigenvalue weighted by atomic mass is 35.5. The van der Waals surface area contributed by atoms with Gasteiger partial charge in [-0.1, -0.05) is 11.6 Å². The summed E-state index contributed by atoms with van der Waals surface area (Å²) >= 11 is 5.87. The van der Waals surface area contributed by atoms with Gasteiger partial charge in [0.2, 0.25) is 5.95 Å². The monoisotopic (exact) mass is 512 g/mol. The number of ether oxygens (including phenoxy) is 1. The van der Waals surface area contributed by atoms with Gasteiger partial charge in [0.05, 0.1) is 4.90 Å². The molecule has 0 fully saturated rings. The van der Waals surface area contributed by atoms with Gasteiger partial charge < -0.3 is 10.1 Å². The third-order valence-corrected chi connectivity index (χ3v) is 6.34. The van der Waals surface area contributed by atoms with Crippen molar-refractivity contribution in [1.29, 1.82) is 0 Å². The fraction of sp³-hybridized carbons (Fsp3) is 0.130. The maximum absolute atomic E-state index is 12.7. The molecule has 0 saturated carbocycles. The first-order chi connectivity index (χ1) is 16.7. The molecule has 12 heteroatoms. The Morgan fingerprint density at radius 1 is 1.00 bits per heavy atom. The van der Waals surface area contributed by atoms with E-state index >= 15 is 0 Å². The lowest BCUT2D eigenvalue weighted by molar-refractivity contribution is 0.100. The van der Waals surface area contributed by atoms with E-state index in [0.717, 1.165) is 0 Å². The fourth-order valence-corrected chi connectivity index (χ4v) is 4.23. The van der Waals surface area contributed by atoms with E-state index in [4.69, 9.17) is 16.3 Å². The Labute approximate surface area is 207 Å². The van der Waals surface area contributed by atoms with Crippen LogP contribution in [0.2, 0.25) is 5.02 Å². The Kier molecular flexibility index (Phi) is 6.99. The molecule has 0 bridgehead atoms. The average molecular weight is 513 g/mol. The topological polar surface area (TPSA) is 128 Å². The van der Waals surface area contributed by atoms with Gasteiger partial charge in [0, 0.05) is 28.3 Å². The molecular formula is C23H21ClN6O4S. The van der Waals surface area contributed by atoms with E-state index < -0.39 is 15.9 Å². The summed E-state index contributed by atoms with van der Waals surface area (Å²) in [5, 5.41) is 7.42. The Hall–Kier alpha value is -3.96. The summed E-state index contributed by atoms with van der Waals surface area (Å²) in [6.45, 7) is 3.51. The molecule has 10 nitrogen and oxygen atoms in total. The Bertz CT molecular complexity index is 1430. The van der Waals surface area contributed by atoms with Crippen molar-refractivity contribution in [3.05, 3.63) is 89.0 Å². The van der Waals surface area contributed by atoms with Crippen LogP contribution in [-0.4, -0.2) is 34.1 Å². The van der Waals surface area contributed by atoms with E-state index in [1.165, 1.54) is 35.1 Å². The number of anilines is 2. The van der Waals surface area contributed by atoms with Crippen LogP contribution in [-0.2, 0) is 16.8 Å². The third-order valence-electron chi connectivity index (χ3n) is 4.75. The van der Waals surface area contributed by atoms with Crippen molar-refractivity contribution in [3.8, 4) is 5.75 Å². The summed E-state index contributed by atoms with van der Waals surface area (Å²) in [5.74, 6) is 0.140. The quantitative estimate of drug-likeness (QED) is 0.364. The minimum Gasteiger partial charge on any atom is -0.471 e. The van der Waals surface area contributed by atoms with Gasteiger partial charge in [-0.05, 0) is 74.5 Å². The van der Waals surface area contributed by atoms with Gasteiger partial charge in [-0.25, -0.2) is 27.8 Å². The molecule has 0 radical (unpaired) electrons. The maximum atomic E-state index is 12.7. The Balaban J connectivity index is 1.41. The summed E-state index contributed by atoms with van der Waals surface area (Å²) in [7, 11) is -3.91. The van der Waals surface area contributed by atoms with Crippen molar-refractivity contribution in [3.63, 3.8) is 0 Å². The molecule has 1 amide bonds.